The van der Waals surface area contributed by atoms with Gasteiger partial charge in [0, 0.05) is 42.8 Å². The van der Waals surface area contributed by atoms with Crippen LogP contribution in [0.4, 0.5) is 5.82 Å². The molecule has 5 rings (SSSR count). The quantitative estimate of drug-likeness (QED) is 0.387. The zero-order valence-corrected chi connectivity index (χ0v) is 21.2. The van der Waals surface area contributed by atoms with E-state index in [2.05, 4.69) is 22.7 Å². The van der Waals surface area contributed by atoms with E-state index in [4.69, 9.17) is 24.0 Å². The summed E-state index contributed by atoms with van der Waals surface area (Å²) in [6.45, 7) is 6.20. The van der Waals surface area contributed by atoms with Crippen molar-refractivity contribution in [2.75, 3.05) is 38.7 Å². The third-order valence-corrected chi connectivity index (χ3v) is 6.76. The summed E-state index contributed by atoms with van der Waals surface area (Å²) in [5.41, 5.74) is 4.51. The van der Waals surface area contributed by atoms with Crippen LogP contribution in [0, 0.1) is 13.8 Å². The molecule has 0 amide bonds. The molecule has 1 saturated carbocycles. The fourth-order valence-corrected chi connectivity index (χ4v) is 4.58. The monoisotopic (exact) mass is 493 g/mol. The Hall–Kier alpha value is -3.01. The molecule has 1 unspecified atom stereocenters. The first kappa shape index (κ1) is 24.7. The summed E-state index contributed by atoms with van der Waals surface area (Å²) < 4.78 is 17.1. The molecular weight excluding hydrogens is 458 g/mol. The SMILES string of the molecule is CNCC(O)COc1cccc(-c2nc(NC3CCOCC3)c(C)c(-c3c(C)noc3C3CC3)n2)c1. The molecule has 1 aliphatic carbocycles. The predicted molar refractivity (Wildman–Crippen MR) is 137 cm³/mol. The molecule has 2 aromatic heterocycles. The molecule has 0 spiro atoms. The van der Waals surface area contributed by atoms with Gasteiger partial charge in [0.25, 0.3) is 0 Å². The van der Waals surface area contributed by atoms with Crippen LogP contribution in [-0.2, 0) is 4.74 Å². The number of nitrogens with zero attached hydrogens (tertiary/aromatic N) is 3. The van der Waals surface area contributed by atoms with Crippen LogP contribution in [0.2, 0.25) is 0 Å². The van der Waals surface area contributed by atoms with Crippen LogP contribution in [-0.4, -0.2) is 65.8 Å². The number of anilines is 1. The fraction of sp³-hybridized carbons (Fsp3) is 0.519. The molecule has 1 aliphatic heterocycles. The second-order valence-electron chi connectivity index (χ2n) is 9.73. The molecule has 1 saturated heterocycles. The highest BCUT2D eigenvalue weighted by Gasteiger charge is 2.34. The van der Waals surface area contributed by atoms with Crippen molar-refractivity contribution in [3.63, 3.8) is 0 Å². The number of hydrogen-bond acceptors (Lipinski definition) is 9. The molecule has 1 aromatic carbocycles. The van der Waals surface area contributed by atoms with Crippen molar-refractivity contribution in [3.8, 4) is 28.4 Å². The van der Waals surface area contributed by atoms with Crippen molar-refractivity contribution in [2.24, 2.45) is 0 Å². The highest BCUT2D eigenvalue weighted by molar-refractivity contribution is 5.75. The Kier molecular flexibility index (Phi) is 7.50. The van der Waals surface area contributed by atoms with E-state index in [0.717, 1.165) is 78.6 Å². The molecule has 9 heteroatoms. The van der Waals surface area contributed by atoms with Gasteiger partial charge >= 0.3 is 0 Å². The molecule has 1 atom stereocenters. The molecule has 192 valence electrons. The van der Waals surface area contributed by atoms with Gasteiger partial charge in [-0.25, -0.2) is 9.97 Å². The molecule has 0 radical (unpaired) electrons. The van der Waals surface area contributed by atoms with Crippen LogP contribution >= 0.6 is 0 Å². The smallest absolute Gasteiger partial charge is 0.162 e. The zero-order valence-electron chi connectivity index (χ0n) is 21.2. The number of aliphatic hydroxyl groups excluding tert-OH is 1. The average molecular weight is 494 g/mol. The second-order valence-corrected chi connectivity index (χ2v) is 9.73. The molecule has 3 aromatic rings. The first-order chi connectivity index (χ1) is 17.5. The summed E-state index contributed by atoms with van der Waals surface area (Å²) >= 11 is 0. The molecule has 3 heterocycles. The summed E-state index contributed by atoms with van der Waals surface area (Å²) in [7, 11) is 1.80. The largest absolute Gasteiger partial charge is 0.491 e. The molecule has 3 N–H and O–H groups in total. The van der Waals surface area contributed by atoms with Crippen LogP contribution in [0.25, 0.3) is 22.6 Å². The normalized spacial score (nSPS) is 17.2. The molecule has 9 nitrogen and oxygen atoms in total. The average Bonchev–Trinajstić information content (AvgIpc) is 3.67. The minimum Gasteiger partial charge on any atom is -0.491 e. The van der Waals surface area contributed by atoms with Crippen LogP contribution in [0.15, 0.2) is 28.8 Å². The maximum atomic E-state index is 10.0. The van der Waals surface area contributed by atoms with Crippen molar-refractivity contribution in [3.05, 3.63) is 41.3 Å². The van der Waals surface area contributed by atoms with E-state index in [1.54, 1.807) is 7.05 Å². The lowest BCUT2D eigenvalue weighted by molar-refractivity contribution is 0.0904. The minimum absolute atomic E-state index is 0.200. The number of nitrogens with one attached hydrogen (secondary N) is 2. The van der Waals surface area contributed by atoms with Gasteiger partial charge in [-0.2, -0.15) is 0 Å². The van der Waals surface area contributed by atoms with Gasteiger partial charge in [0.05, 0.1) is 17.0 Å². The number of aliphatic hydroxyl groups is 1. The highest BCUT2D eigenvalue weighted by Crippen LogP contribution is 2.46. The number of hydrogen-bond donors (Lipinski definition) is 3. The Labute approximate surface area is 211 Å². The Balaban J connectivity index is 1.53. The number of ether oxygens (including phenoxy) is 2. The molecule has 2 fully saturated rings. The maximum Gasteiger partial charge on any atom is 0.162 e. The summed E-state index contributed by atoms with van der Waals surface area (Å²) in [6, 6.07) is 7.99. The van der Waals surface area contributed by atoms with E-state index in [1.807, 2.05) is 31.2 Å². The summed E-state index contributed by atoms with van der Waals surface area (Å²) in [6.07, 6.45) is 3.52. The number of aromatic nitrogens is 3. The van der Waals surface area contributed by atoms with E-state index < -0.39 is 6.10 Å². The summed E-state index contributed by atoms with van der Waals surface area (Å²) in [4.78, 5) is 10.0. The Morgan fingerprint density at radius 3 is 2.69 bits per heavy atom. The Bertz CT molecular complexity index is 1190. The first-order valence-corrected chi connectivity index (χ1v) is 12.8. The number of likely N-dealkylation sites (N-methyl/N-ethyl adjacent to an activating group) is 1. The highest BCUT2D eigenvalue weighted by atomic mass is 16.5. The Morgan fingerprint density at radius 1 is 1.14 bits per heavy atom. The summed E-state index contributed by atoms with van der Waals surface area (Å²) in [5, 5.41) is 20.9. The first-order valence-electron chi connectivity index (χ1n) is 12.8. The lowest BCUT2D eigenvalue weighted by Crippen LogP contribution is -2.29. The van der Waals surface area contributed by atoms with E-state index in [9.17, 15) is 5.11 Å². The number of benzene rings is 1. The fourth-order valence-electron chi connectivity index (χ4n) is 4.58. The molecule has 0 bridgehead atoms. The lowest BCUT2D eigenvalue weighted by atomic mass is 10.0. The van der Waals surface area contributed by atoms with Crippen molar-refractivity contribution in [1.82, 2.24) is 20.4 Å². The topological polar surface area (TPSA) is 115 Å². The van der Waals surface area contributed by atoms with Crippen molar-refractivity contribution >= 4 is 5.82 Å². The van der Waals surface area contributed by atoms with Gasteiger partial charge in [-0.15, -0.1) is 0 Å². The predicted octanol–water partition coefficient (Wildman–Crippen LogP) is 3.84. The van der Waals surface area contributed by atoms with Crippen LogP contribution in [0.1, 0.15) is 48.6 Å². The van der Waals surface area contributed by atoms with Gasteiger partial charge in [-0.1, -0.05) is 17.3 Å². The van der Waals surface area contributed by atoms with Crippen molar-refractivity contribution in [1.29, 1.82) is 0 Å². The number of aryl methyl sites for hydroxylation is 1. The van der Waals surface area contributed by atoms with Gasteiger partial charge in [-0.3, -0.25) is 0 Å². The second kappa shape index (κ2) is 10.9. The van der Waals surface area contributed by atoms with Gasteiger partial charge < -0.3 is 29.7 Å². The van der Waals surface area contributed by atoms with Crippen LogP contribution < -0.4 is 15.4 Å². The van der Waals surface area contributed by atoms with Crippen molar-refractivity contribution < 1.29 is 19.1 Å². The van der Waals surface area contributed by atoms with Crippen molar-refractivity contribution in [2.45, 2.75) is 57.6 Å². The third kappa shape index (κ3) is 5.53. The maximum absolute atomic E-state index is 10.0. The minimum atomic E-state index is -0.589. The van der Waals surface area contributed by atoms with E-state index in [-0.39, 0.29) is 6.61 Å². The van der Waals surface area contributed by atoms with Gasteiger partial charge in [0.15, 0.2) is 5.82 Å². The van der Waals surface area contributed by atoms with Crippen LogP contribution in [0.3, 0.4) is 0 Å². The van der Waals surface area contributed by atoms with Gasteiger partial charge in [0.2, 0.25) is 0 Å². The van der Waals surface area contributed by atoms with E-state index in [0.29, 0.717) is 30.1 Å². The van der Waals surface area contributed by atoms with Gasteiger partial charge in [0.1, 0.15) is 30.0 Å². The lowest BCUT2D eigenvalue weighted by Gasteiger charge is -2.25. The number of rotatable bonds is 10. The Morgan fingerprint density at radius 2 is 1.94 bits per heavy atom. The summed E-state index contributed by atoms with van der Waals surface area (Å²) in [5.74, 6) is 3.42. The molecular formula is C27H35N5O4. The molecule has 36 heavy (non-hydrogen) atoms. The van der Waals surface area contributed by atoms with E-state index in [1.165, 1.54) is 0 Å². The standard InChI is InChI=1S/C27H35N5O4/c1-16-24(23-17(2)32-36-25(23)18-7-8-18)30-27(31-26(16)29-20-9-11-34-12-10-20)19-5-4-6-22(13-19)35-15-21(33)14-28-3/h4-6,13,18,20-21,28,33H,7-12,14-15H2,1-3H3,(H,29,30,31). The third-order valence-electron chi connectivity index (χ3n) is 6.76. The molecule has 2 aliphatic rings. The van der Waals surface area contributed by atoms with E-state index >= 15 is 0 Å². The zero-order chi connectivity index (χ0) is 25.1. The van der Waals surface area contributed by atoms with Crippen LogP contribution in [0.5, 0.6) is 5.75 Å². The van der Waals surface area contributed by atoms with Gasteiger partial charge in [-0.05, 0) is 58.7 Å².